The van der Waals surface area contributed by atoms with Crippen molar-refractivity contribution in [2.24, 2.45) is 11.5 Å². The highest BCUT2D eigenvalue weighted by molar-refractivity contribution is 8.00. The first-order valence-electron chi connectivity index (χ1n) is 3.58. The molecule has 5 N–H and O–H groups in total. The molecule has 1 saturated heterocycles. The lowest BCUT2D eigenvalue weighted by Gasteiger charge is -2.14. The van der Waals surface area contributed by atoms with Crippen molar-refractivity contribution in [3.63, 3.8) is 0 Å². The Morgan fingerprint density at radius 2 is 2.36 bits per heavy atom. The molecule has 4 heteroatoms. The average molecular weight is 169 g/mol. The highest BCUT2D eigenvalue weighted by Crippen LogP contribution is 2.29. The van der Waals surface area contributed by atoms with Crippen molar-refractivity contribution in [1.82, 2.24) is 5.32 Å². The van der Waals surface area contributed by atoms with Crippen molar-refractivity contribution in [3.8, 4) is 0 Å². The van der Waals surface area contributed by atoms with Gasteiger partial charge in [0.25, 0.3) is 0 Å². The number of hydrogen-bond acceptors (Lipinski definition) is 4. The maximum absolute atomic E-state index is 5.69. The van der Waals surface area contributed by atoms with E-state index in [0.717, 1.165) is 5.70 Å². The first kappa shape index (κ1) is 7.21. The lowest BCUT2D eigenvalue weighted by Crippen LogP contribution is -2.36. The van der Waals surface area contributed by atoms with Gasteiger partial charge in [0.15, 0.2) is 0 Å². The van der Waals surface area contributed by atoms with Crippen LogP contribution in [0, 0.1) is 0 Å². The molecule has 2 rings (SSSR count). The molecule has 1 heterocycles. The normalized spacial score (nSPS) is 41.9. The van der Waals surface area contributed by atoms with E-state index in [2.05, 4.69) is 17.5 Å². The zero-order chi connectivity index (χ0) is 7.84. The van der Waals surface area contributed by atoms with E-state index in [1.165, 1.54) is 0 Å². The minimum atomic E-state index is 0.0526. The molecule has 2 aliphatic rings. The van der Waals surface area contributed by atoms with Gasteiger partial charge in [0.05, 0.1) is 0 Å². The summed E-state index contributed by atoms with van der Waals surface area (Å²) in [5, 5.41) is 3.66. The van der Waals surface area contributed by atoms with Gasteiger partial charge in [-0.2, -0.15) is 0 Å². The number of nitrogens with one attached hydrogen (secondary N) is 1. The number of allylic oxidation sites excluding steroid dienone is 1. The maximum atomic E-state index is 5.69. The molecule has 1 fully saturated rings. The molecule has 60 valence electrons. The van der Waals surface area contributed by atoms with Crippen LogP contribution in [0.3, 0.4) is 0 Å². The standard InChI is InChI=1S/C7H11N3S/c8-4-1-2-5-6(3-4)11-7(9)10-5/h1-3,5-7,10H,8-9H2. The van der Waals surface area contributed by atoms with E-state index in [0.29, 0.717) is 11.3 Å². The summed E-state index contributed by atoms with van der Waals surface area (Å²) in [6, 6.07) is 0.377. The Morgan fingerprint density at radius 3 is 3.18 bits per heavy atom. The van der Waals surface area contributed by atoms with Gasteiger partial charge in [0.1, 0.15) is 5.50 Å². The number of thioether (sulfide) groups is 1. The minimum absolute atomic E-state index is 0.0526. The van der Waals surface area contributed by atoms with E-state index in [-0.39, 0.29) is 5.50 Å². The zero-order valence-electron chi connectivity index (χ0n) is 6.03. The molecule has 0 aromatic rings. The third kappa shape index (κ3) is 1.29. The number of hydrogen-bond donors (Lipinski definition) is 3. The monoisotopic (exact) mass is 169 g/mol. The van der Waals surface area contributed by atoms with E-state index in [1.807, 2.05) is 6.08 Å². The first-order chi connectivity index (χ1) is 5.25. The van der Waals surface area contributed by atoms with Crippen LogP contribution < -0.4 is 16.8 Å². The topological polar surface area (TPSA) is 64.1 Å². The van der Waals surface area contributed by atoms with E-state index in [4.69, 9.17) is 11.5 Å². The summed E-state index contributed by atoms with van der Waals surface area (Å²) in [6.07, 6.45) is 6.04. The highest BCUT2D eigenvalue weighted by atomic mass is 32.2. The molecule has 1 aliphatic carbocycles. The smallest absolute Gasteiger partial charge is 0.104 e. The second kappa shape index (κ2) is 2.55. The molecule has 0 bridgehead atoms. The van der Waals surface area contributed by atoms with Crippen LogP contribution in [0.15, 0.2) is 23.9 Å². The van der Waals surface area contributed by atoms with Crippen molar-refractivity contribution in [2.45, 2.75) is 16.8 Å². The summed E-state index contributed by atoms with van der Waals surface area (Å²) in [5.74, 6) is 0. The van der Waals surface area contributed by atoms with Crippen LogP contribution in [-0.2, 0) is 0 Å². The second-order valence-electron chi connectivity index (χ2n) is 2.74. The minimum Gasteiger partial charge on any atom is -0.399 e. The van der Waals surface area contributed by atoms with Crippen molar-refractivity contribution in [1.29, 1.82) is 0 Å². The molecule has 3 nitrogen and oxygen atoms in total. The van der Waals surface area contributed by atoms with E-state index >= 15 is 0 Å². The van der Waals surface area contributed by atoms with Gasteiger partial charge >= 0.3 is 0 Å². The van der Waals surface area contributed by atoms with Crippen molar-refractivity contribution >= 4 is 11.8 Å². The summed E-state index contributed by atoms with van der Waals surface area (Å²) >= 11 is 1.71. The molecule has 0 saturated carbocycles. The summed E-state index contributed by atoms with van der Waals surface area (Å²) in [4.78, 5) is 0. The van der Waals surface area contributed by atoms with Crippen molar-refractivity contribution < 1.29 is 0 Å². The summed E-state index contributed by atoms with van der Waals surface area (Å²) in [5.41, 5.74) is 12.2. The van der Waals surface area contributed by atoms with Crippen LogP contribution >= 0.6 is 11.8 Å². The zero-order valence-corrected chi connectivity index (χ0v) is 6.84. The molecule has 0 amide bonds. The summed E-state index contributed by atoms with van der Waals surface area (Å²) in [6.45, 7) is 0. The Morgan fingerprint density at radius 1 is 1.55 bits per heavy atom. The molecular weight excluding hydrogens is 158 g/mol. The van der Waals surface area contributed by atoms with Gasteiger partial charge in [0.2, 0.25) is 0 Å². The van der Waals surface area contributed by atoms with E-state index < -0.39 is 0 Å². The van der Waals surface area contributed by atoms with Crippen LogP contribution in [0.1, 0.15) is 0 Å². The van der Waals surface area contributed by atoms with Crippen LogP contribution in [0.5, 0.6) is 0 Å². The fourth-order valence-electron chi connectivity index (χ4n) is 1.35. The third-order valence-electron chi connectivity index (χ3n) is 1.87. The fraction of sp³-hybridized carbons (Fsp3) is 0.429. The fourth-order valence-corrected chi connectivity index (χ4v) is 2.49. The van der Waals surface area contributed by atoms with Crippen molar-refractivity contribution in [2.75, 3.05) is 0 Å². The first-order valence-corrected chi connectivity index (χ1v) is 4.52. The molecule has 11 heavy (non-hydrogen) atoms. The molecule has 3 unspecified atom stereocenters. The van der Waals surface area contributed by atoms with Crippen LogP contribution in [0.2, 0.25) is 0 Å². The summed E-state index contributed by atoms with van der Waals surface area (Å²) < 4.78 is 0. The SMILES string of the molecule is NC1=CC2SC(N)NC2C=C1. The van der Waals surface area contributed by atoms with Crippen LogP contribution in [-0.4, -0.2) is 16.8 Å². The molecule has 0 spiro atoms. The van der Waals surface area contributed by atoms with Gasteiger partial charge in [0, 0.05) is 17.0 Å². The second-order valence-corrected chi connectivity index (χ2v) is 4.06. The average Bonchev–Trinajstić information content (AvgIpc) is 2.27. The van der Waals surface area contributed by atoms with Gasteiger partial charge in [-0.3, -0.25) is 5.32 Å². The number of rotatable bonds is 0. The largest absolute Gasteiger partial charge is 0.399 e. The Labute approximate surface area is 69.9 Å². The lowest BCUT2D eigenvalue weighted by atomic mass is 10.1. The molecular formula is C7H11N3S. The van der Waals surface area contributed by atoms with Crippen LogP contribution in [0.4, 0.5) is 0 Å². The maximum Gasteiger partial charge on any atom is 0.104 e. The Kier molecular flexibility index (Phi) is 1.67. The Hall–Kier alpha value is -0.450. The predicted octanol–water partition coefficient (Wildman–Crippen LogP) is -0.285. The molecule has 0 aromatic carbocycles. The number of fused-ring (bicyclic) bond motifs is 1. The van der Waals surface area contributed by atoms with Crippen LogP contribution in [0.25, 0.3) is 0 Å². The molecule has 0 radical (unpaired) electrons. The molecule has 3 atom stereocenters. The highest BCUT2D eigenvalue weighted by Gasteiger charge is 2.30. The van der Waals surface area contributed by atoms with Gasteiger partial charge in [-0.15, -0.1) is 11.8 Å². The summed E-state index contributed by atoms with van der Waals surface area (Å²) in [7, 11) is 0. The predicted molar refractivity (Wildman–Crippen MR) is 47.7 cm³/mol. The van der Waals surface area contributed by atoms with Gasteiger partial charge in [-0.1, -0.05) is 6.08 Å². The molecule has 0 aromatic heterocycles. The Balaban J connectivity index is 2.17. The van der Waals surface area contributed by atoms with Gasteiger partial charge in [-0.25, -0.2) is 0 Å². The van der Waals surface area contributed by atoms with E-state index in [1.54, 1.807) is 11.8 Å². The third-order valence-corrected chi connectivity index (χ3v) is 3.04. The Bertz CT molecular complexity index is 224. The molecule has 1 aliphatic heterocycles. The lowest BCUT2D eigenvalue weighted by molar-refractivity contribution is 0.625. The quantitative estimate of drug-likeness (QED) is 0.466. The van der Waals surface area contributed by atoms with Gasteiger partial charge < -0.3 is 11.5 Å². The van der Waals surface area contributed by atoms with E-state index in [9.17, 15) is 0 Å². The number of nitrogens with two attached hydrogens (primary N) is 2. The van der Waals surface area contributed by atoms with Gasteiger partial charge in [-0.05, 0) is 12.2 Å². The van der Waals surface area contributed by atoms with Crippen molar-refractivity contribution in [3.05, 3.63) is 23.9 Å².